The average molecular weight is 358 g/mol. The highest BCUT2D eigenvalue weighted by atomic mass is 16.6. The maximum atomic E-state index is 12.6. The van der Waals surface area contributed by atoms with Gasteiger partial charge in [-0.05, 0) is 52.0 Å². The van der Waals surface area contributed by atoms with Gasteiger partial charge in [-0.1, -0.05) is 43.5 Å². The van der Waals surface area contributed by atoms with E-state index in [0.29, 0.717) is 11.5 Å². The number of hydrogen-bond acceptors (Lipinski definition) is 4. The third-order valence-electron chi connectivity index (χ3n) is 4.88. The lowest BCUT2D eigenvalue weighted by molar-refractivity contribution is -0.161. The molecular weight excluding hydrogens is 328 g/mol. The lowest BCUT2D eigenvalue weighted by atomic mass is 9.83. The molecule has 142 valence electrons. The summed E-state index contributed by atoms with van der Waals surface area (Å²) in [5.74, 6) is -1.63. The van der Waals surface area contributed by atoms with Crippen molar-refractivity contribution < 1.29 is 19.1 Å². The van der Waals surface area contributed by atoms with Crippen LogP contribution in [-0.4, -0.2) is 23.1 Å². The van der Waals surface area contributed by atoms with Gasteiger partial charge in [-0.15, -0.1) is 0 Å². The molecule has 1 aromatic carbocycles. The van der Waals surface area contributed by atoms with E-state index in [2.05, 4.69) is 0 Å². The van der Waals surface area contributed by atoms with E-state index in [1.54, 1.807) is 20.8 Å². The summed E-state index contributed by atoms with van der Waals surface area (Å²) in [6, 6.07) is 7.66. The fraction of sp³-hybridized carbons (Fsp3) is 0.591. The summed E-state index contributed by atoms with van der Waals surface area (Å²) in [7, 11) is 0. The molecule has 1 saturated carbocycles. The van der Waals surface area contributed by atoms with Crippen LogP contribution in [0, 0.1) is 5.92 Å². The lowest BCUT2D eigenvalue weighted by Gasteiger charge is -2.23. The van der Waals surface area contributed by atoms with Gasteiger partial charge in [-0.2, -0.15) is 0 Å². The van der Waals surface area contributed by atoms with Crippen molar-refractivity contribution in [2.24, 2.45) is 5.92 Å². The predicted octanol–water partition coefficient (Wildman–Crippen LogP) is 4.85. The topological polar surface area (TPSA) is 60.4 Å². The van der Waals surface area contributed by atoms with Crippen molar-refractivity contribution >= 4 is 17.5 Å². The number of rotatable bonds is 6. The summed E-state index contributed by atoms with van der Waals surface area (Å²) in [4.78, 5) is 36.6. The third-order valence-corrected chi connectivity index (χ3v) is 4.88. The minimum atomic E-state index is -1.04. The largest absolute Gasteiger partial charge is 0.459 e. The Balaban J connectivity index is 2.04. The second-order valence-electron chi connectivity index (χ2n) is 8.28. The number of carbonyl (C=O) groups excluding carboxylic acids is 3. The average Bonchev–Trinajstić information content (AvgIpc) is 2.58. The van der Waals surface area contributed by atoms with Crippen molar-refractivity contribution in [1.29, 1.82) is 0 Å². The zero-order valence-corrected chi connectivity index (χ0v) is 16.3. The van der Waals surface area contributed by atoms with Gasteiger partial charge >= 0.3 is 5.97 Å². The second-order valence-corrected chi connectivity index (χ2v) is 8.28. The maximum absolute atomic E-state index is 12.6. The summed E-state index contributed by atoms with van der Waals surface area (Å²) in [5, 5.41) is 0. The first-order chi connectivity index (χ1) is 12.2. The number of hydrogen-bond donors (Lipinski definition) is 0. The fourth-order valence-electron chi connectivity index (χ4n) is 3.45. The van der Waals surface area contributed by atoms with E-state index in [4.69, 9.17) is 4.74 Å². The van der Waals surface area contributed by atoms with E-state index in [1.807, 2.05) is 24.3 Å². The molecule has 0 spiro atoms. The first kappa shape index (κ1) is 20.3. The minimum Gasteiger partial charge on any atom is -0.459 e. The Hall–Kier alpha value is -1.97. The normalized spacial score (nSPS) is 16.8. The van der Waals surface area contributed by atoms with Crippen molar-refractivity contribution in [1.82, 2.24) is 0 Å². The molecule has 1 atom stereocenters. The highest BCUT2D eigenvalue weighted by Gasteiger charge is 2.31. The highest BCUT2D eigenvalue weighted by Crippen LogP contribution is 2.32. The molecule has 26 heavy (non-hydrogen) atoms. The Kier molecular flexibility index (Phi) is 6.74. The Labute approximate surface area is 156 Å². The van der Waals surface area contributed by atoms with Gasteiger partial charge in [0.2, 0.25) is 0 Å². The van der Waals surface area contributed by atoms with E-state index >= 15 is 0 Å². The Morgan fingerprint density at radius 3 is 2.12 bits per heavy atom. The molecule has 1 aliphatic rings. The molecule has 1 fully saturated rings. The van der Waals surface area contributed by atoms with Crippen molar-refractivity contribution in [3.8, 4) is 0 Å². The fourth-order valence-corrected chi connectivity index (χ4v) is 3.45. The van der Waals surface area contributed by atoms with Crippen LogP contribution in [0.25, 0.3) is 0 Å². The predicted molar refractivity (Wildman–Crippen MR) is 101 cm³/mol. The molecule has 0 heterocycles. The van der Waals surface area contributed by atoms with Gasteiger partial charge < -0.3 is 4.74 Å². The molecule has 0 radical (unpaired) electrons. The molecule has 0 bridgehead atoms. The van der Waals surface area contributed by atoms with Gasteiger partial charge in [0.05, 0.1) is 0 Å². The molecule has 0 N–H and O–H groups in total. The summed E-state index contributed by atoms with van der Waals surface area (Å²) >= 11 is 0. The van der Waals surface area contributed by atoms with Crippen LogP contribution in [0.5, 0.6) is 0 Å². The SMILES string of the molecule is CC(=O)C(CC(=O)c1ccc(C2CCCCC2)cc1)C(=O)OC(C)(C)C. The number of ether oxygens (including phenoxy) is 1. The van der Waals surface area contributed by atoms with Gasteiger partial charge in [-0.25, -0.2) is 0 Å². The van der Waals surface area contributed by atoms with Crippen LogP contribution in [0.15, 0.2) is 24.3 Å². The highest BCUT2D eigenvalue weighted by molar-refractivity contribution is 6.05. The Bertz CT molecular complexity index is 646. The maximum Gasteiger partial charge on any atom is 0.317 e. The van der Waals surface area contributed by atoms with Crippen LogP contribution in [0.2, 0.25) is 0 Å². The number of benzene rings is 1. The monoisotopic (exact) mass is 358 g/mol. The number of ketones is 2. The zero-order chi connectivity index (χ0) is 19.3. The number of esters is 1. The Morgan fingerprint density at radius 1 is 1.04 bits per heavy atom. The minimum absolute atomic E-state index is 0.146. The molecule has 2 rings (SSSR count). The van der Waals surface area contributed by atoms with Gasteiger partial charge in [0.1, 0.15) is 17.3 Å². The Morgan fingerprint density at radius 2 is 1.62 bits per heavy atom. The lowest BCUT2D eigenvalue weighted by Crippen LogP contribution is -2.33. The van der Waals surface area contributed by atoms with Crippen molar-refractivity contribution in [3.05, 3.63) is 35.4 Å². The van der Waals surface area contributed by atoms with Gasteiger partial charge in [0.25, 0.3) is 0 Å². The summed E-state index contributed by atoms with van der Waals surface area (Å²) < 4.78 is 5.28. The van der Waals surface area contributed by atoms with E-state index in [1.165, 1.54) is 44.6 Å². The molecule has 0 amide bonds. The number of Topliss-reactive ketones (excluding diaryl/α,β-unsaturated/α-hetero) is 2. The van der Waals surface area contributed by atoms with Crippen LogP contribution in [0.1, 0.15) is 88.1 Å². The van der Waals surface area contributed by atoms with Gasteiger partial charge in [-0.3, -0.25) is 14.4 Å². The molecule has 4 heteroatoms. The van der Waals surface area contributed by atoms with E-state index in [-0.39, 0.29) is 18.0 Å². The second kappa shape index (κ2) is 8.61. The van der Waals surface area contributed by atoms with Crippen LogP contribution in [0.3, 0.4) is 0 Å². The van der Waals surface area contributed by atoms with E-state index in [9.17, 15) is 14.4 Å². The quantitative estimate of drug-likeness (QED) is 0.414. The first-order valence-electron chi connectivity index (χ1n) is 9.54. The standard InChI is InChI=1S/C22H30O4/c1-15(23)19(21(25)26-22(2,3)4)14-20(24)18-12-10-17(11-13-18)16-8-6-5-7-9-16/h10-13,16,19H,5-9,14H2,1-4H3. The van der Waals surface area contributed by atoms with Crippen LogP contribution in [0.4, 0.5) is 0 Å². The zero-order valence-electron chi connectivity index (χ0n) is 16.3. The number of carbonyl (C=O) groups is 3. The molecule has 1 aliphatic carbocycles. The first-order valence-corrected chi connectivity index (χ1v) is 9.54. The third kappa shape index (κ3) is 5.79. The smallest absolute Gasteiger partial charge is 0.317 e. The summed E-state index contributed by atoms with van der Waals surface area (Å²) in [6.07, 6.45) is 6.11. The van der Waals surface area contributed by atoms with E-state index < -0.39 is 17.5 Å². The summed E-state index contributed by atoms with van der Waals surface area (Å²) in [5.41, 5.74) is 1.13. The van der Waals surface area contributed by atoms with Crippen LogP contribution >= 0.6 is 0 Å². The molecule has 1 unspecified atom stereocenters. The van der Waals surface area contributed by atoms with Crippen molar-refractivity contribution in [2.45, 2.75) is 77.7 Å². The van der Waals surface area contributed by atoms with Gasteiger partial charge in [0, 0.05) is 12.0 Å². The molecule has 0 aliphatic heterocycles. The molecule has 4 nitrogen and oxygen atoms in total. The summed E-state index contributed by atoms with van der Waals surface area (Å²) in [6.45, 7) is 6.56. The van der Waals surface area contributed by atoms with Crippen LogP contribution in [-0.2, 0) is 14.3 Å². The molecular formula is C22H30O4. The molecule has 0 aromatic heterocycles. The molecule has 0 saturated heterocycles. The van der Waals surface area contributed by atoms with E-state index in [0.717, 1.165) is 0 Å². The van der Waals surface area contributed by atoms with Gasteiger partial charge in [0.15, 0.2) is 5.78 Å². The molecule has 1 aromatic rings. The van der Waals surface area contributed by atoms with Crippen molar-refractivity contribution in [3.63, 3.8) is 0 Å². The van der Waals surface area contributed by atoms with Crippen molar-refractivity contribution in [2.75, 3.05) is 0 Å². The van der Waals surface area contributed by atoms with Crippen LogP contribution < -0.4 is 0 Å².